The molecule has 3 aromatic heterocycles. The van der Waals surface area contributed by atoms with Crippen molar-refractivity contribution < 1.29 is 4.39 Å². The molecule has 1 aliphatic rings. The Hall–Kier alpha value is -3.51. The number of nitriles is 1. The standard InChI is InChI=1S/C23H22FN7S/c1-2-31-22(18-12-17(14-26-21(18)29-31)30-10-4-3-5-11-30)28-23-27-20(19(13-25)32-23)15-6-8-16(24)9-7-15/h6-9,12,14H,2-5,10-11H2,1H3,(H,27,28). The second kappa shape index (κ2) is 8.55. The SMILES string of the molecule is CCn1nc2ncc(N3CCCCC3)cc2c1Nc1nc(-c2ccc(F)cc2)c(C#N)s1. The monoisotopic (exact) mass is 447 g/mol. The molecule has 5 rings (SSSR count). The van der Waals surface area contributed by atoms with Crippen molar-refractivity contribution in [2.45, 2.75) is 32.7 Å². The van der Waals surface area contributed by atoms with Gasteiger partial charge in [0, 0.05) is 25.2 Å². The smallest absolute Gasteiger partial charge is 0.190 e. The van der Waals surface area contributed by atoms with Crippen molar-refractivity contribution in [2.75, 3.05) is 23.3 Å². The van der Waals surface area contributed by atoms with Gasteiger partial charge in [-0.25, -0.2) is 19.0 Å². The van der Waals surface area contributed by atoms with Crippen LogP contribution in [0.15, 0.2) is 36.5 Å². The highest BCUT2D eigenvalue weighted by Crippen LogP contribution is 2.35. The maximum Gasteiger partial charge on any atom is 0.190 e. The van der Waals surface area contributed by atoms with E-state index in [1.54, 1.807) is 12.1 Å². The summed E-state index contributed by atoms with van der Waals surface area (Å²) in [6.45, 7) is 4.77. The molecule has 7 nitrogen and oxygen atoms in total. The van der Waals surface area contributed by atoms with E-state index >= 15 is 0 Å². The maximum absolute atomic E-state index is 13.3. The average Bonchev–Trinajstić information content (AvgIpc) is 3.41. The lowest BCUT2D eigenvalue weighted by Crippen LogP contribution is -2.29. The molecule has 0 unspecified atom stereocenters. The van der Waals surface area contributed by atoms with Gasteiger partial charge < -0.3 is 10.2 Å². The van der Waals surface area contributed by atoms with Crippen molar-refractivity contribution in [1.82, 2.24) is 19.7 Å². The molecular formula is C23H22FN7S. The molecule has 1 aromatic carbocycles. The van der Waals surface area contributed by atoms with Gasteiger partial charge in [0.1, 0.15) is 28.3 Å². The number of hydrogen-bond donors (Lipinski definition) is 1. The van der Waals surface area contributed by atoms with Crippen LogP contribution in [0.25, 0.3) is 22.3 Å². The van der Waals surface area contributed by atoms with Crippen LogP contribution in [0.4, 0.5) is 21.0 Å². The number of halogens is 1. The molecule has 0 saturated carbocycles. The molecule has 162 valence electrons. The highest BCUT2D eigenvalue weighted by molar-refractivity contribution is 7.16. The van der Waals surface area contributed by atoms with Gasteiger partial charge >= 0.3 is 0 Å². The summed E-state index contributed by atoms with van der Waals surface area (Å²) in [6.07, 6.45) is 5.56. The number of aryl methyl sites for hydroxylation is 1. The van der Waals surface area contributed by atoms with Crippen molar-refractivity contribution in [2.24, 2.45) is 0 Å². The van der Waals surface area contributed by atoms with Crippen LogP contribution < -0.4 is 10.2 Å². The Labute approximate surface area is 189 Å². The van der Waals surface area contributed by atoms with Gasteiger partial charge in [-0.15, -0.1) is 0 Å². The predicted molar refractivity (Wildman–Crippen MR) is 125 cm³/mol. The summed E-state index contributed by atoms with van der Waals surface area (Å²) in [5, 5.41) is 19.1. The Bertz CT molecular complexity index is 1300. The summed E-state index contributed by atoms with van der Waals surface area (Å²) in [5.74, 6) is 0.480. The first-order valence-corrected chi connectivity index (χ1v) is 11.5. The Morgan fingerprint density at radius 1 is 1.19 bits per heavy atom. The number of hydrogen-bond acceptors (Lipinski definition) is 7. The third kappa shape index (κ3) is 3.78. The molecule has 0 aliphatic carbocycles. The number of anilines is 3. The van der Waals surface area contributed by atoms with Crippen LogP contribution >= 0.6 is 11.3 Å². The number of aromatic nitrogens is 4. The van der Waals surface area contributed by atoms with Crippen molar-refractivity contribution in [3.8, 4) is 17.3 Å². The van der Waals surface area contributed by atoms with Crippen LogP contribution in [0.1, 0.15) is 31.1 Å². The fourth-order valence-electron chi connectivity index (χ4n) is 4.04. The molecule has 0 atom stereocenters. The van der Waals surface area contributed by atoms with Crippen LogP contribution in [0, 0.1) is 17.1 Å². The number of piperidine rings is 1. The highest BCUT2D eigenvalue weighted by Gasteiger charge is 2.19. The van der Waals surface area contributed by atoms with Gasteiger partial charge in [-0.05, 0) is 56.5 Å². The van der Waals surface area contributed by atoms with E-state index in [4.69, 9.17) is 0 Å². The zero-order valence-electron chi connectivity index (χ0n) is 17.7. The van der Waals surface area contributed by atoms with Crippen molar-refractivity contribution >= 4 is 39.0 Å². The fourth-order valence-corrected chi connectivity index (χ4v) is 4.83. The van der Waals surface area contributed by atoms with Gasteiger partial charge in [0.25, 0.3) is 0 Å². The number of nitrogens with one attached hydrogen (secondary N) is 1. The number of fused-ring (bicyclic) bond motifs is 1. The highest BCUT2D eigenvalue weighted by atomic mass is 32.1. The lowest BCUT2D eigenvalue weighted by Gasteiger charge is -2.28. The van der Waals surface area contributed by atoms with Crippen LogP contribution in [-0.4, -0.2) is 32.8 Å². The Morgan fingerprint density at radius 2 is 1.97 bits per heavy atom. The van der Waals surface area contributed by atoms with Gasteiger partial charge in [0.05, 0.1) is 17.3 Å². The Kier molecular flexibility index (Phi) is 5.45. The van der Waals surface area contributed by atoms with Crippen molar-refractivity contribution in [1.29, 1.82) is 5.26 Å². The molecule has 1 N–H and O–H groups in total. The van der Waals surface area contributed by atoms with Crippen molar-refractivity contribution in [3.05, 3.63) is 47.2 Å². The summed E-state index contributed by atoms with van der Waals surface area (Å²) in [7, 11) is 0. The zero-order chi connectivity index (χ0) is 22.1. The van der Waals surface area contributed by atoms with E-state index < -0.39 is 0 Å². The zero-order valence-corrected chi connectivity index (χ0v) is 18.5. The van der Waals surface area contributed by atoms with Crippen LogP contribution in [0.2, 0.25) is 0 Å². The van der Waals surface area contributed by atoms with Crippen LogP contribution in [-0.2, 0) is 6.54 Å². The largest absolute Gasteiger partial charge is 0.370 e. The van der Waals surface area contributed by atoms with E-state index in [2.05, 4.69) is 37.4 Å². The molecule has 32 heavy (non-hydrogen) atoms. The van der Waals surface area contributed by atoms with Gasteiger partial charge in [-0.1, -0.05) is 11.3 Å². The van der Waals surface area contributed by atoms with E-state index in [9.17, 15) is 9.65 Å². The van der Waals surface area contributed by atoms with Gasteiger partial charge in [0.15, 0.2) is 10.8 Å². The normalized spacial score (nSPS) is 14.0. The number of benzene rings is 1. The summed E-state index contributed by atoms with van der Waals surface area (Å²) >= 11 is 1.27. The molecule has 4 heterocycles. The molecule has 1 aliphatic heterocycles. The molecule has 1 saturated heterocycles. The molecule has 0 radical (unpaired) electrons. The first kappa shape index (κ1) is 20.4. The van der Waals surface area contributed by atoms with Gasteiger partial charge in [-0.3, -0.25) is 0 Å². The fraction of sp³-hybridized carbons (Fsp3) is 0.304. The van der Waals surface area contributed by atoms with E-state index in [0.717, 1.165) is 30.0 Å². The topological polar surface area (TPSA) is 82.7 Å². The van der Waals surface area contributed by atoms with Crippen LogP contribution in [0.3, 0.4) is 0 Å². The van der Waals surface area contributed by atoms with Crippen LogP contribution in [0.5, 0.6) is 0 Å². The first-order chi connectivity index (χ1) is 15.7. The Balaban J connectivity index is 1.53. The Morgan fingerprint density at radius 3 is 2.69 bits per heavy atom. The maximum atomic E-state index is 13.3. The predicted octanol–water partition coefficient (Wildman–Crippen LogP) is 5.32. The molecule has 0 bridgehead atoms. The summed E-state index contributed by atoms with van der Waals surface area (Å²) in [4.78, 5) is 12.1. The minimum atomic E-state index is -0.323. The quantitative estimate of drug-likeness (QED) is 0.446. The third-order valence-corrected chi connectivity index (χ3v) is 6.55. The number of rotatable bonds is 5. The molecule has 4 aromatic rings. The van der Waals surface area contributed by atoms with E-state index in [1.807, 2.05) is 17.8 Å². The number of thiazole rings is 1. The first-order valence-electron chi connectivity index (χ1n) is 10.7. The molecule has 9 heteroatoms. The second-order valence-electron chi connectivity index (χ2n) is 7.72. The second-order valence-corrected chi connectivity index (χ2v) is 8.72. The van der Waals surface area contributed by atoms with E-state index in [-0.39, 0.29) is 5.82 Å². The summed E-state index contributed by atoms with van der Waals surface area (Å²) in [5.41, 5.74) is 3.01. The third-order valence-electron chi connectivity index (χ3n) is 5.67. The minimum absolute atomic E-state index is 0.323. The summed E-state index contributed by atoms with van der Waals surface area (Å²) < 4.78 is 15.2. The van der Waals surface area contributed by atoms with Gasteiger partial charge in [0.2, 0.25) is 0 Å². The number of nitrogens with zero attached hydrogens (tertiary/aromatic N) is 6. The molecular weight excluding hydrogens is 425 g/mol. The van der Waals surface area contributed by atoms with E-state index in [0.29, 0.717) is 33.5 Å². The number of pyridine rings is 1. The average molecular weight is 448 g/mol. The summed E-state index contributed by atoms with van der Waals surface area (Å²) in [6, 6.07) is 10.4. The molecule has 0 amide bonds. The molecule has 0 spiro atoms. The van der Waals surface area contributed by atoms with E-state index in [1.165, 1.54) is 42.7 Å². The van der Waals surface area contributed by atoms with Gasteiger partial charge in [-0.2, -0.15) is 10.4 Å². The molecule has 1 fully saturated rings. The minimum Gasteiger partial charge on any atom is -0.370 e. The van der Waals surface area contributed by atoms with Crippen molar-refractivity contribution in [3.63, 3.8) is 0 Å². The lowest BCUT2D eigenvalue weighted by atomic mass is 10.1. The lowest BCUT2D eigenvalue weighted by molar-refractivity contribution is 0.577.